The third-order valence-electron chi connectivity index (χ3n) is 1.76. The Morgan fingerprint density at radius 3 is 2.62 bits per heavy atom. The molecule has 0 aromatic carbocycles. The predicted molar refractivity (Wildman–Crippen MR) is 51.1 cm³/mol. The lowest BCUT2D eigenvalue weighted by molar-refractivity contribution is 0.722. The van der Waals surface area contributed by atoms with E-state index in [1.165, 1.54) is 11.5 Å². The van der Waals surface area contributed by atoms with E-state index in [4.69, 9.17) is 0 Å². The van der Waals surface area contributed by atoms with E-state index in [0.29, 0.717) is 5.92 Å². The second-order valence-corrected chi connectivity index (χ2v) is 3.69. The van der Waals surface area contributed by atoms with E-state index in [1.807, 2.05) is 5.38 Å². The molecule has 0 amide bonds. The van der Waals surface area contributed by atoms with Gasteiger partial charge in [-0.1, -0.05) is 13.8 Å². The van der Waals surface area contributed by atoms with Crippen molar-refractivity contribution >= 4 is 11.5 Å². The summed E-state index contributed by atoms with van der Waals surface area (Å²) in [7, 11) is 0. The maximum Gasteiger partial charge on any atom is 0.120 e. The average molecular weight is 194 g/mol. The highest BCUT2D eigenvalue weighted by atomic mass is 32.1. The Morgan fingerprint density at radius 1 is 1.31 bits per heavy atom. The van der Waals surface area contributed by atoms with Crippen LogP contribution in [0.5, 0.6) is 0 Å². The first-order valence-corrected chi connectivity index (χ1v) is 4.93. The molecule has 13 heavy (non-hydrogen) atoms. The van der Waals surface area contributed by atoms with Gasteiger partial charge in [-0.15, -0.1) is 4.80 Å². The van der Waals surface area contributed by atoms with Crippen molar-refractivity contribution in [2.75, 3.05) is 0 Å². The lowest BCUT2D eigenvalue weighted by Gasteiger charge is -2.03. The summed E-state index contributed by atoms with van der Waals surface area (Å²) in [5.74, 6) is 0.409. The quantitative estimate of drug-likeness (QED) is 0.732. The smallest absolute Gasteiger partial charge is 0.120 e. The summed E-state index contributed by atoms with van der Waals surface area (Å²) in [6.45, 7) is 4.23. The molecule has 4 nitrogen and oxygen atoms in total. The zero-order valence-corrected chi connectivity index (χ0v) is 8.32. The Morgan fingerprint density at radius 2 is 2.00 bits per heavy atom. The van der Waals surface area contributed by atoms with E-state index in [0.717, 1.165) is 11.4 Å². The number of hydrogen-bond acceptors (Lipinski definition) is 4. The molecule has 0 fully saturated rings. The fraction of sp³-hybridized carbons (Fsp3) is 0.375. The first-order valence-electron chi connectivity index (χ1n) is 4.10. The van der Waals surface area contributed by atoms with Gasteiger partial charge in [-0.05, 0) is 17.5 Å². The Bertz CT molecular complexity index is 377. The minimum Gasteiger partial charge on any atom is -0.195 e. The van der Waals surface area contributed by atoms with E-state index in [-0.39, 0.29) is 0 Å². The molecule has 5 heteroatoms. The highest BCUT2D eigenvalue weighted by Gasteiger charge is 2.11. The summed E-state index contributed by atoms with van der Waals surface area (Å²) < 4.78 is 4.31. The Kier molecular flexibility index (Phi) is 2.10. The summed E-state index contributed by atoms with van der Waals surface area (Å²) >= 11 is 1.44. The third-order valence-corrected chi connectivity index (χ3v) is 2.39. The van der Waals surface area contributed by atoms with E-state index < -0.39 is 0 Å². The monoisotopic (exact) mass is 194 g/mol. The molecule has 68 valence electrons. The van der Waals surface area contributed by atoms with Gasteiger partial charge in [-0.2, -0.15) is 14.6 Å². The normalized spacial score (nSPS) is 11.0. The maximum absolute atomic E-state index is 4.31. The fourth-order valence-corrected chi connectivity index (χ4v) is 1.92. The van der Waals surface area contributed by atoms with Crippen LogP contribution >= 0.6 is 11.5 Å². The molecule has 0 aliphatic rings. The van der Waals surface area contributed by atoms with Gasteiger partial charge in [0.05, 0.1) is 18.1 Å². The second kappa shape index (κ2) is 3.26. The third kappa shape index (κ3) is 1.47. The van der Waals surface area contributed by atoms with E-state index in [1.54, 1.807) is 17.2 Å². The van der Waals surface area contributed by atoms with Crippen molar-refractivity contribution in [3.8, 4) is 5.69 Å². The molecule has 2 aromatic heterocycles. The van der Waals surface area contributed by atoms with Crippen molar-refractivity contribution in [2.24, 2.45) is 0 Å². The van der Waals surface area contributed by atoms with Crippen molar-refractivity contribution < 1.29 is 0 Å². The topological polar surface area (TPSA) is 43.6 Å². The molecule has 0 N–H and O–H groups in total. The summed E-state index contributed by atoms with van der Waals surface area (Å²) in [5, 5.41) is 10.1. The Hall–Kier alpha value is -1.23. The summed E-state index contributed by atoms with van der Waals surface area (Å²) in [4.78, 5) is 1.61. The van der Waals surface area contributed by atoms with Crippen LogP contribution in [0.4, 0.5) is 0 Å². The van der Waals surface area contributed by atoms with Crippen molar-refractivity contribution in [1.82, 2.24) is 19.4 Å². The van der Waals surface area contributed by atoms with Crippen LogP contribution in [0.3, 0.4) is 0 Å². The number of aromatic nitrogens is 4. The van der Waals surface area contributed by atoms with Crippen LogP contribution in [0.2, 0.25) is 0 Å². The molecule has 0 saturated heterocycles. The molecule has 0 unspecified atom stereocenters. The van der Waals surface area contributed by atoms with Crippen LogP contribution in [-0.2, 0) is 0 Å². The predicted octanol–water partition coefficient (Wildman–Crippen LogP) is 1.85. The summed E-state index contributed by atoms with van der Waals surface area (Å²) in [6.07, 6.45) is 3.34. The van der Waals surface area contributed by atoms with Crippen molar-refractivity contribution in [1.29, 1.82) is 0 Å². The SMILES string of the molecule is CC(C)c1nscc1-n1nccn1. The minimum absolute atomic E-state index is 0.409. The Labute approximate surface area is 80.4 Å². The van der Waals surface area contributed by atoms with Gasteiger partial charge in [-0.3, -0.25) is 0 Å². The standard InChI is InChI=1S/C8H10N4S/c1-6(2)8-7(5-13-11-8)12-9-3-4-10-12/h3-6H,1-2H3. The molecule has 0 saturated carbocycles. The van der Waals surface area contributed by atoms with Crippen molar-refractivity contribution in [3.63, 3.8) is 0 Å². The van der Waals surface area contributed by atoms with Gasteiger partial charge in [-0.25, -0.2) is 0 Å². The van der Waals surface area contributed by atoms with Gasteiger partial charge in [0.1, 0.15) is 5.69 Å². The molecule has 2 heterocycles. The van der Waals surface area contributed by atoms with Gasteiger partial charge in [0.2, 0.25) is 0 Å². The highest BCUT2D eigenvalue weighted by Crippen LogP contribution is 2.21. The molecular formula is C8H10N4S. The first kappa shape index (κ1) is 8.37. The van der Waals surface area contributed by atoms with Crippen LogP contribution < -0.4 is 0 Å². The zero-order chi connectivity index (χ0) is 9.26. The minimum atomic E-state index is 0.409. The molecule has 0 spiro atoms. The lowest BCUT2D eigenvalue weighted by Crippen LogP contribution is -2.02. The number of rotatable bonds is 2. The Balaban J connectivity index is 2.46. The summed E-state index contributed by atoms with van der Waals surface area (Å²) in [6, 6.07) is 0. The van der Waals surface area contributed by atoms with Gasteiger partial charge >= 0.3 is 0 Å². The first-order chi connectivity index (χ1) is 6.29. The fourth-order valence-electron chi connectivity index (χ4n) is 1.13. The lowest BCUT2D eigenvalue weighted by atomic mass is 10.1. The summed E-state index contributed by atoms with van der Waals surface area (Å²) in [5.41, 5.74) is 2.05. The van der Waals surface area contributed by atoms with Gasteiger partial charge in [0.25, 0.3) is 0 Å². The van der Waals surface area contributed by atoms with Crippen LogP contribution in [0, 0.1) is 0 Å². The van der Waals surface area contributed by atoms with Gasteiger partial charge < -0.3 is 0 Å². The molecule has 0 radical (unpaired) electrons. The van der Waals surface area contributed by atoms with Gasteiger partial charge in [0, 0.05) is 5.38 Å². The van der Waals surface area contributed by atoms with Crippen LogP contribution in [-0.4, -0.2) is 19.4 Å². The van der Waals surface area contributed by atoms with E-state index in [2.05, 4.69) is 28.4 Å². The van der Waals surface area contributed by atoms with Crippen LogP contribution in [0.25, 0.3) is 5.69 Å². The van der Waals surface area contributed by atoms with E-state index in [9.17, 15) is 0 Å². The zero-order valence-electron chi connectivity index (χ0n) is 7.51. The van der Waals surface area contributed by atoms with Crippen molar-refractivity contribution in [3.05, 3.63) is 23.5 Å². The average Bonchev–Trinajstić information content (AvgIpc) is 2.74. The van der Waals surface area contributed by atoms with E-state index >= 15 is 0 Å². The molecule has 0 aliphatic carbocycles. The molecule has 0 atom stereocenters. The van der Waals surface area contributed by atoms with Crippen molar-refractivity contribution in [2.45, 2.75) is 19.8 Å². The highest BCUT2D eigenvalue weighted by molar-refractivity contribution is 7.04. The largest absolute Gasteiger partial charge is 0.195 e. The molecular weight excluding hydrogens is 184 g/mol. The van der Waals surface area contributed by atoms with Crippen LogP contribution in [0.1, 0.15) is 25.5 Å². The van der Waals surface area contributed by atoms with Crippen LogP contribution in [0.15, 0.2) is 17.8 Å². The molecule has 2 rings (SSSR count). The maximum atomic E-state index is 4.31. The van der Waals surface area contributed by atoms with Gasteiger partial charge in [0.15, 0.2) is 0 Å². The molecule has 2 aromatic rings. The number of hydrogen-bond donors (Lipinski definition) is 0. The number of nitrogens with zero attached hydrogens (tertiary/aromatic N) is 4. The second-order valence-electron chi connectivity index (χ2n) is 3.06. The molecule has 0 bridgehead atoms. The molecule has 0 aliphatic heterocycles.